The van der Waals surface area contributed by atoms with Gasteiger partial charge < -0.3 is 4.74 Å². The van der Waals surface area contributed by atoms with Crippen LogP contribution in [0.3, 0.4) is 0 Å². The molecular weight excluding hydrogens is 168 g/mol. The van der Waals surface area contributed by atoms with Crippen molar-refractivity contribution in [3.63, 3.8) is 0 Å². The summed E-state index contributed by atoms with van der Waals surface area (Å²) < 4.78 is 5.17. The summed E-state index contributed by atoms with van der Waals surface area (Å²) in [6.45, 7) is 3.83. The van der Waals surface area contributed by atoms with Crippen LogP contribution in [0.5, 0.6) is 0 Å². The molecule has 0 radical (unpaired) electrons. The summed E-state index contributed by atoms with van der Waals surface area (Å²) in [6.07, 6.45) is 1.20. The highest BCUT2D eigenvalue weighted by molar-refractivity contribution is 8.84. The van der Waals surface area contributed by atoms with Gasteiger partial charge in [0.2, 0.25) is 0 Å². The zero-order chi connectivity index (χ0) is 6.95. The molecule has 0 aromatic heterocycles. The minimum atomic E-state index is 0.860. The second-order valence-corrected chi connectivity index (χ2v) is 7.22. The summed E-state index contributed by atoms with van der Waals surface area (Å²) in [5.41, 5.74) is 0. The maximum atomic E-state index is 5.17. The molecule has 0 spiro atoms. The predicted octanol–water partition coefficient (Wildman–Crippen LogP) is 1.07. The highest BCUT2D eigenvalue weighted by Crippen LogP contribution is 2.15. The summed E-state index contributed by atoms with van der Waals surface area (Å²) >= 11 is 0. The fourth-order valence-corrected chi connectivity index (χ4v) is 3.20. The lowest BCUT2D eigenvalue weighted by Crippen LogP contribution is -1.93. The minimum absolute atomic E-state index is 0.860. The number of hydrogen-bond donors (Lipinski definition) is 0. The van der Waals surface area contributed by atoms with Crippen LogP contribution in [0.25, 0.3) is 0 Å². The van der Waals surface area contributed by atoms with Crippen LogP contribution in [0, 0.1) is 0 Å². The molecule has 56 valence electrons. The number of rotatable bonds is 6. The van der Waals surface area contributed by atoms with Gasteiger partial charge in [-0.05, 0) is 13.3 Å². The van der Waals surface area contributed by atoms with Crippen molar-refractivity contribution in [2.45, 2.75) is 13.3 Å². The van der Waals surface area contributed by atoms with Crippen LogP contribution in [0.15, 0.2) is 0 Å². The van der Waals surface area contributed by atoms with Crippen molar-refractivity contribution in [3.8, 4) is 0 Å². The molecule has 0 aliphatic heterocycles. The molecule has 0 atom stereocenters. The smallest absolute Gasteiger partial charge is 0.0835 e. The van der Waals surface area contributed by atoms with Crippen LogP contribution < -0.4 is 0 Å². The van der Waals surface area contributed by atoms with E-state index in [2.05, 4.69) is 0 Å². The third kappa shape index (κ3) is 8.88. The number of ether oxygens (including phenoxy) is 1. The highest BCUT2D eigenvalue weighted by Gasteiger charge is 1.85. The van der Waals surface area contributed by atoms with Crippen LogP contribution in [0.4, 0.5) is 0 Å². The van der Waals surface area contributed by atoms with Gasteiger partial charge >= 0.3 is 0 Å². The van der Waals surface area contributed by atoms with E-state index in [1.165, 1.54) is 21.6 Å². The highest BCUT2D eigenvalue weighted by atomic mass is 33.2. The molecule has 4 heteroatoms. The van der Waals surface area contributed by atoms with Crippen LogP contribution >= 0.6 is 21.0 Å². The van der Waals surface area contributed by atoms with Crippen molar-refractivity contribution >= 4 is 30.4 Å². The van der Waals surface area contributed by atoms with Gasteiger partial charge in [0.05, 0.1) is 9.39 Å². The van der Waals surface area contributed by atoms with E-state index in [4.69, 9.17) is 4.74 Å². The first-order chi connectivity index (χ1) is 4.41. The van der Waals surface area contributed by atoms with Crippen molar-refractivity contribution in [1.82, 2.24) is 0 Å². The second kappa shape index (κ2) is 8.88. The Morgan fingerprint density at radius 3 is 2.89 bits per heavy atom. The molecule has 0 fully saturated rings. The minimum Gasteiger partial charge on any atom is -0.382 e. The number of hydrogen-bond acceptors (Lipinski definition) is 3. The van der Waals surface area contributed by atoms with Crippen LogP contribution in [-0.4, -0.2) is 28.4 Å². The fourth-order valence-electron chi connectivity index (χ4n) is 0.448. The zero-order valence-corrected chi connectivity index (χ0v) is 9.69. The van der Waals surface area contributed by atoms with Gasteiger partial charge in [-0.1, -0.05) is 0 Å². The second-order valence-electron chi connectivity index (χ2n) is 1.54. The van der Waals surface area contributed by atoms with E-state index in [1.54, 1.807) is 0 Å². The molecule has 0 aliphatic carbocycles. The molecule has 0 heterocycles. The Hall–Kier alpha value is 0.877. The molecule has 0 bridgehead atoms. The van der Waals surface area contributed by atoms with E-state index < -0.39 is 0 Å². The molecule has 0 saturated heterocycles. The Kier molecular flexibility index (Phi) is 9.74. The topological polar surface area (TPSA) is 9.23 Å². The first-order valence-corrected chi connectivity index (χ1v) is 8.32. The maximum Gasteiger partial charge on any atom is 0.0835 e. The molecular formula is C5H14OS2Si. The molecule has 0 rings (SSSR count). The first kappa shape index (κ1) is 9.88. The van der Waals surface area contributed by atoms with Crippen molar-refractivity contribution in [1.29, 1.82) is 0 Å². The largest absolute Gasteiger partial charge is 0.382 e. The van der Waals surface area contributed by atoms with E-state index in [9.17, 15) is 0 Å². The summed E-state index contributed by atoms with van der Waals surface area (Å²) in [4.78, 5) is 0. The van der Waals surface area contributed by atoms with Crippen molar-refractivity contribution < 1.29 is 4.74 Å². The third-order valence-electron chi connectivity index (χ3n) is 0.838. The Bertz CT molecular complexity index is 48.2. The lowest BCUT2D eigenvalue weighted by atomic mass is 10.5. The standard InChI is InChI=1S/C5H14OS2Si/c1-2-6-4-3-5-7-8-9/h2-5H2,1,9H3. The average Bonchev–Trinajstić information content (AvgIpc) is 1.89. The van der Waals surface area contributed by atoms with Gasteiger partial charge in [0.1, 0.15) is 0 Å². The fraction of sp³-hybridized carbons (Fsp3) is 1.00. The van der Waals surface area contributed by atoms with Gasteiger partial charge in [-0.25, -0.2) is 0 Å². The van der Waals surface area contributed by atoms with Crippen LogP contribution in [0.1, 0.15) is 13.3 Å². The van der Waals surface area contributed by atoms with Crippen molar-refractivity contribution in [2.75, 3.05) is 19.0 Å². The van der Waals surface area contributed by atoms with Crippen molar-refractivity contribution in [2.24, 2.45) is 0 Å². The third-order valence-corrected chi connectivity index (χ3v) is 4.86. The first-order valence-electron chi connectivity index (χ1n) is 3.15. The lowest BCUT2D eigenvalue weighted by Gasteiger charge is -1.98. The van der Waals surface area contributed by atoms with Crippen LogP contribution in [0.2, 0.25) is 0 Å². The van der Waals surface area contributed by atoms with Gasteiger partial charge in [-0.3, -0.25) is 0 Å². The SMILES string of the molecule is CCOCCCSS[SiH3]. The van der Waals surface area contributed by atoms with E-state index in [-0.39, 0.29) is 0 Å². The predicted molar refractivity (Wildman–Crippen MR) is 51.1 cm³/mol. The Balaban J connectivity index is 2.60. The average molecular weight is 182 g/mol. The lowest BCUT2D eigenvalue weighted by molar-refractivity contribution is 0.149. The molecule has 0 saturated carbocycles. The Morgan fingerprint density at radius 2 is 2.33 bits per heavy atom. The zero-order valence-electron chi connectivity index (χ0n) is 6.05. The quantitative estimate of drug-likeness (QED) is 0.345. The molecule has 0 aliphatic rings. The van der Waals surface area contributed by atoms with Gasteiger partial charge in [0.15, 0.2) is 0 Å². The molecule has 9 heavy (non-hydrogen) atoms. The molecule has 0 amide bonds. The summed E-state index contributed by atoms with van der Waals surface area (Å²) in [6, 6.07) is 0. The molecule has 1 nitrogen and oxygen atoms in total. The monoisotopic (exact) mass is 182 g/mol. The molecule has 0 aromatic rings. The Labute approximate surface area is 67.8 Å². The van der Waals surface area contributed by atoms with Gasteiger partial charge in [-0.2, -0.15) is 0 Å². The van der Waals surface area contributed by atoms with Crippen molar-refractivity contribution in [3.05, 3.63) is 0 Å². The van der Waals surface area contributed by atoms with Gasteiger partial charge in [-0.15, -0.1) is 21.0 Å². The molecule has 0 unspecified atom stereocenters. The van der Waals surface area contributed by atoms with E-state index >= 15 is 0 Å². The summed E-state index contributed by atoms with van der Waals surface area (Å²) in [7, 11) is 5.16. The summed E-state index contributed by atoms with van der Waals surface area (Å²) in [5, 5.41) is 0. The maximum absolute atomic E-state index is 5.17. The van der Waals surface area contributed by atoms with E-state index in [0.717, 1.165) is 13.2 Å². The van der Waals surface area contributed by atoms with Gasteiger partial charge in [0.25, 0.3) is 0 Å². The van der Waals surface area contributed by atoms with E-state index in [0.29, 0.717) is 0 Å². The molecule has 0 N–H and O–H groups in total. The molecule has 0 aromatic carbocycles. The summed E-state index contributed by atoms with van der Waals surface area (Å²) in [5.74, 6) is 1.24. The Morgan fingerprint density at radius 1 is 1.56 bits per heavy atom. The van der Waals surface area contributed by atoms with Crippen LogP contribution in [-0.2, 0) is 4.74 Å². The van der Waals surface area contributed by atoms with Gasteiger partial charge in [0, 0.05) is 19.0 Å². The normalized spacial score (nSPS) is 10.3. The van der Waals surface area contributed by atoms with E-state index in [1.807, 2.05) is 28.0 Å².